The molecule has 3 rings (SSSR count). The van der Waals surface area contributed by atoms with Crippen LogP contribution in [0.15, 0.2) is 24.3 Å². The smallest absolute Gasteiger partial charge is 0.272 e. The van der Waals surface area contributed by atoms with E-state index in [-0.39, 0.29) is 18.3 Å². The van der Waals surface area contributed by atoms with Crippen molar-refractivity contribution in [3.8, 4) is 5.69 Å². The van der Waals surface area contributed by atoms with Gasteiger partial charge in [-0.1, -0.05) is 19.1 Å². The zero-order valence-corrected chi connectivity index (χ0v) is 14.9. The van der Waals surface area contributed by atoms with Crippen LogP contribution in [-0.2, 0) is 19.3 Å². The first-order chi connectivity index (χ1) is 11.2. The molecule has 2 aromatic rings. The summed E-state index contributed by atoms with van der Waals surface area (Å²) in [5, 5.41) is 7.53. The van der Waals surface area contributed by atoms with Crippen molar-refractivity contribution in [1.29, 1.82) is 0 Å². The van der Waals surface area contributed by atoms with Gasteiger partial charge in [0, 0.05) is 17.8 Å². The normalized spacial score (nSPS) is 12.6. The van der Waals surface area contributed by atoms with Crippen LogP contribution in [0.2, 0.25) is 0 Å². The first-order valence-corrected chi connectivity index (χ1v) is 8.43. The van der Waals surface area contributed by atoms with E-state index in [1.165, 1.54) is 11.3 Å². The Morgan fingerprint density at radius 2 is 2.04 bits per heavy atom. The molecule has 0 saturated heterocycles. The summed E-state index contributed by atoms with van der Waals surface area (Å²) < 4.78 is 1.94. The zero-order chi connectivity index (χ0) is 16.2. The fraction of sp³-hybridized carbons (Fsp3) is 0.444. The lowest BCUT2D eigenvalue weighted by atomic mass is 10.1. The molecule has 0 fully saturated rings. The molecule has 1 amide bonds. The van der Waals surface area contributed by atoms with Crippen molar-refractivity contribution < 1.29 is 4.79 Å². The van der Waals surface area contributed by atoms with Gasteiger partial charge in [0.15, 0.2) is 5.69 Å². The number of fused-ring (bicyclic) bond motifs is 1. The second kappa shape index (κ2) is 8.31. The molecule has 0 bridgehead atoms. The molecule has 130 valence electrons. The van der Waals surface area contributed by atoms with Crippen molar-refractivity contribution in [3.63, 3.8) is 0 Å². The van der Waals surface area contributed by atoms with Crippen molar-refractivity contribution in [2.24, 2.45) is 5.73 Å². The molecular formula is C18H25ClN4O. The molecular weight excluding hydrogens is 324 g/mol. The van der Waals surface area contributed by atoms with Crippen molar-refractivity contribution in [3.05, 3.63) is 46.8 Å². The minimum absolute atomic E-state index is 0. The van der Waals surface area contributed by atoms with E-state index in [1.807, 2.05) is 4.68 Å². The van der Waals surface area contributed by atoms with Gasteiger partial charge in [-0.05, 0) is 56.3 Å². The van der Waals surface area contributed by atoms with Crippen LogP contribution in [0.5, 0.6) is 0 Å². The van der Waals surface area contributed by atoms with Crippen molar-refractivity contribution in [2.45, 2.75) is 39.0 Å². The molecule has 6 heteroatoms. The summed E-state index contributed by atoms with van der Waals surface area (Å²) in [5.41, 5.74) is 10.7. The van der Waals surface area contributed by atoms with E-state index in [0.29, 0.717) is 18.8 Å². The molecule has 1 aliphatic rings. The third kappa shape index (κ3) is 3.62. The Balaban J connectivity index is 0.00000208. The van der Waals surface area contributed by atoms with Crippen LogP contribution >= 0.6 is 12.4 Å². The van der Waals surface area contributed by atoms with E-state index in [0.717, 1.165) is 43.4 Å². The number of halogens is 1. The molecule has 0 radical (unpaired) electrons. The first kappa shape index (κ1) is 18.5. The maximum absolute atomic E-state index is 12.4. The van der Waals surface area contributed by atoms with Crippen LogP contribution in [0.1, 0.15) is 47.1 Å². The molecule has 1 aliphatic carbocycles. The molecule has 0 atom stereocenters. The van der Waals surface area contributed by atoms with Gasteiger partial charge in [-0.25, -0.2) is 4.68 Å². The van der Waals surface area contributed by atoms with Crippen molar-refractivity contribution in [2.75, 3.05) is 13.1 Å². The number of amides is 1. The number of nitrogens with two attached hydrogens (primary N) is 1. The van der Waals surface area contributed by atoms with Crippen LogP contribution in [0, 0.1) is 0 Å². The first-order valence-electron chi connectivity index (χ1n) is 8.43. The van der Waals surface area contributed by atoms with Gasteiger partial charge < -0.3 is 11.1 Å². The number of nitrogens with zero attached hydrogens (tertiary/aromatic N) is 2. The van der Waals surface area contributed by atoms with Crippen molar-refractivity contribution >= 4 is 18.3 Å². The van der Waals surface area contributed by atoms with Crippen LogP contribution in [0.4, 0.5) is 0 Å². The highest BCUT2D eigenvalue weighted by Gasteiger charge is 2.26. The summed E-state index contributed by atoms with van der Waals surface area (Å²) in [7, 11) is 0. The Kier molecular flexibility index (Phi) is 6.40. The lowest BCUT2D eigenvalue weighted by Gasteiger charge is -2.06. The molecule has 1 heterocycles. The number of aryl methyl sites for hydroxylation is 1. The van der Waals surface area contributed by atoms with E-state index in [4.69, 9.17) is 5.73 Å². The third-order valence-electron chi connectivity index (χ3n) is 4.40. The number of carbonyl (C=O) groups excluding carboxylic acids is 1. The maximum Gasteiger partial charge on any atom is 0.272 e. The number of hydrogen-bond donors (Lipinski definition) is 2. The number of rotatable bonds is 6. The average molecular weight is 349 g/mol. The van der Waals surface area contributed by atoms with Crippen molar-refractivity contribution in [1.82, 2.24) is 15.1 Å². The van der Waals surface area contributed by atoms with Gasteiger partial charge in [0.1, 0.15) is 0 Å². The Morgan fingerprint density at radius 3 is 2.71 bits per heavy atom. The highest BCUT2D eigenvalue weighted by molar-refractivity contribution is 5.94. The lowest BCUT2D eigenvalue weighted by molar-refractivity contribution is 0.0947. The average Bonchev–Trinajstić information content (AvgIpc) is 3.17. The largest absolute Gasteiger partial charge is 0.351 e. The standard InChI is InChI=1S/C18H24N4O.ClH/c1-2-13-7-9-14(10-8-13)22-16-6-3-5-15(16)17(21-22)18(23)20-12-4-11-19;/h7-10H,2-6,11-12,19H2,1H3,(H,20,23);1H. The summed E-state index contributed by atoms with van der Waals surface area (Å²) >= 11 is 0. The summed E-state index contributed by atoms with van der Waals surface area (Å²) in [6, 6.07) is 8.42. The number of nitrogens with one attached hydrogen (secondary N) is 1. The Morgan fingerprint density at radius 1 is 1.29 bits per heavy atom. The SMILES string of the molecule is CCc1ccc(-n2nc(C(=O)NCCCN)c3c2CCC3)cc1.Cl. The summed E-state index contributed by atoms with van der Waals surface area (Å²) in [6.07, 6.45) is 4.80. The molecule has 0 unspecified atom stereocenters. The minimum atomic E-state index is -0.0828. The van der Waals surface area contributed by atoms with Gasteiger partial charge in [0.2, 0.25) is 0 Å². The number of aromatic nitrogens is 2. The number of carbonyl (C=O) groups is 1. The quantitative estimate of drug-likeness (QED) is 0.787. The zero-order valence-electron chi connectivity index (χ0n) is 14.0. The predicted octanol–water partition coefficient (Wildman–Crippen LogP) is 2.42. The second-order valence-corrected chi connectivity index (χ2v) is 5.96. The Hall–Kier alpha value is -1.85. The predicted molar refractivity (Wildman–Crippen MR) is 98.2 cm³/mol. The van der Waals surface area contributed by atoms with Gasteiger partial charge in [-0.2, -0.15) is 5.10 Å². The molecule has 0 spiro atoms. The van der Waals surface area contributed by atoms with E-state index >= 15 is 0 Å². The highest BCUT2D eigenvalue weighted by Crippen LogP contribution is 2.28. The van der Waals surface area contributed by atoms with Gasteiger partial charge in [-0.3, -0.25) is 4.79 Å². The second-order valence-electron chi connectivity index (χ2n) is 5.96. The van der Waals surface area contributed by atoms with E-state index < -0.39 is 0 Å². The van der Waals surface area contributed by atoms with E-state index in [9.17, 15) is 4.79 Å². The molecule has 3 N–H and O–H groups in total. The Bertz CT molecular complexity index is 694. The fourth-order valence-corrected chi connectivity index (χ4v) is 3.09. The van der Waals surface area contributed by atoms with Gasteiger partial charge >= 0.3 is 0 Å². The Labute approximate surface area is 149 Å². The maximum atomic E-state index is 12.4. The van der Waals surface area contributed by atoms with Crippen LogP contribution in [0.3, 0.4) is 0 Å². The number of benzene rings is 1. The molecule has 24 heavy (non-hydrogen) atoms. The third-order valence-corrected chi connectivity index (χ3v) is 4.40. The molecule has 0 saturated carbocycles. The lowest BCUT2D eigenvalue weighted by Crippen LogP contribution is -2.27. The summed E-state index contributed by atoms with van der Waals surface area (Å²) in [5.74, 6) is -0.0828. The summed E-state index contributed by atoms with van der Waals surface area (Å²) in [6.45, 7) is 3.32. The number of hydrogen-bond acceptors (Lipinski definition) is 3. The minimum Gasteiger partial charge on any atom is -0.351 e. The van der Waals surface area contributed by atoms with Gasteiger partial charge in [0.25, 0.3) is 5.91 Å². The fourth-order valence-electron chi connectivity index (χ4n) is 3.09. The highest BCUT2D eigenvalue weighted by atomic mass is 35.5. The molecule has 0 aliphatic heterocycles. The van der Waals surface area contributed by atoms with E-state index in [1.54, 1.807) is 0 Å². The molecule has 5 nitrogen and oxygen atoms in total. The summed E-state index contributed by atoms with van der Waals surface area (Å²) in [4.78, 5) is 12.4. The monoisotopic (exact) mass is 348 g/mol. The molecule has 1 aromatic heterocycles. The van der Waals surface area contributed by atoms with E-state index in [2.05, 4.69) is 41.6 Å². The van der Waals surface area contributed by atoms with Crippen LogP contribution in [0.25, 0.3) is 5.69 Å². The van der Waals surface area contributed by atoms with Crippen LogP contribution in [-0.4, -0.2) is 28.8 Å². The van der Waals surface area contributed by atoms with Gasteiger partial charge in [0.05, 0.1) is 5.69 Å². The molecule has 1 aromatic carbocycles. The topological polar surface area (TPSA) is 72.9 Å². The van der Waals surface area contributed by atoms with Gasteiger partial charge in [-0.15, -0.1) is 12.4 Å². The van der Waals surface area contributed by atoms with Crippen LogP contribution < -0.4 is 11.1 Å².